The molecule has 1 aromatic heterocycles. The van der Waals surface area contributed by atoms with Gasteiger partial charge in [0.1, 0.15) is 18.0 Å². The molecule has 3 aromatic rings. The van der Waals surface area contributed by atoms with Gasteiger partial charge in [0.2, 0.25) is 5.69 Å². The zero-order chi connectivity index (χ0) is 31.2. The highest BCUT2D eigenvalue weighted by Crippen LogP contribution is 2.44. The van der Waals surface area contributed by atoms with E-state index in [0.717, 1.165) is 52.1 Å². The summed E-state index contributed by atoms with van der Waals surface area (Å²) in [5.41, 5.74) is 3.24. The Bertz CT molecular complexity index is 1580. The molecule has 5 rings (SSSR count). The van der Waals surface area contributed by atoms with Crippen molar-refractivity contribution in [2.24, 2.45) is 11.0 Å². The van der Waals surface area contributed by atoms with Gasteiger partial charge >= 0.3 is 11.9 Å². The fraction of sp³-hybridized carbons (Fsp3) is 0.375. The van der Waals surface area contributed by atoms with Crippen molar-refractivity contribution >= 4 is 29.6 Å². The lowest BCUT2D eigenvalue weighted by atomic mass is 9.77. The van der Waals surface area contributed by atoms with Crippen LogP contribution < -0.4 is 9.47 Å². The van der Waals surface area contributed by atoms with Gasteiger partial charge in [-0.1, -0.05) is 29.5 Å². The third kappa shape index (κ3) is 6.19. The molecule has 1 aliphatic heterocycles. The SMILES string of the molecule is CCOC(=O)c1nnn(CC(=O)N2N=C3/C(=C/c4ccc(OC)cc4)CCC[C@H]3[C@H]2c2ccc(OC)cc2)c1C(=O)OCC. The third-order valence-corrected chi connectivity index (χ3v) is 7.63. The Morgan fingerprint density at radius 2 is 1.55 bits per heavy atom. The molecule has 0 unspecified atom stereocenters. The lowest BCUT2D eigenvalue weighted by Gasteiger charge is -2.29. The molecule has 0 spiro atoms. The molecule has 1 amide bonds. The van der Waals surface area contributed by atoms with Gasteiger partial charge in [-0.2, -0.15) is 5.10 Å². The van der Waals surface area contributed by atoms with E-state index in [9.17, 15) is 14.4 Å². The van der Waals surface area contributed by atoms with Crippen LogP contribution in [0.3, 0.4) is 0 Å². The second-order valence-corrected chi connectivity index (χ2v) is 10.3. The summed E-state index contributed by atoms with van der Waals surface area (Å²) in [7, 11) is 3.23. The number of hydrogen-bond acceptors (Lipinski definition) is 10. The largest absolute Gasteiger partial charge is 0.497 e. The van der Waals surface area contributed by atoms with Gasteiger partial charge < -0.3 is 18.9 Å². The van der Waals surface area contributed by atoms with Crippen LogP contribution in [0.4, 0.5) is 0 Å². The van der Waals surface area contributed by atoms with Crippen molar-refractivity contribution in [1.82, 2.24) is 20.0 Å². The minimum Gasteiger partial charge on any atom is -0.497 e. The summed E-state index contributed by atoms with van der Waals surface area (Å²) >= 11 is 0. The highest BCUT2D eigenvalue weighted by molar-refractivity contribution is 6.08. The van der Waals surface area contributed by atoms with Crippen molar-refractivity contribution in [1.29, 1.82) is 0 Å². The van der Waals surface area contributed by atoms with E-state index in [0.29, 0.717) is 5.75 Å². The molecule has 1 fully saturated rings. The fourth-order valence-electron chi connectivity index (χ4n) is 5.61. The number of fused-ring (bicyclic) bond motifs is 1. The van der Waals surface area contributed by atoms with Gasteiger partial charge in [-0.25, -0.2) is 19.3 Å². The Morgan fingerprint density at radius 1 is 0.909 bits per heavy atom. The van der Waals surface area contributed by atoms with E-state index in [4.69, 9.17) is 24.0 Å². The fourth-order valence-corrected chi connectivity index (χ4v) is 5.61. The molecule has 12 heteroatoms. The Kier molecular flexibility index (Phi) is 9.37. The predicted octanol–water partition coefficient (Wildman–Crippen LogP) is 4.47. The average Bonchev–Trinajstić information content (AvgIpc) is 3.64. The molecule has 12 nitrogen and oxygen atoms in total. The highest BCUT2D eigenvalue weighted by Gasteiger charge is 2.44. The quantitative estimate of drug-likeness (QED) is 0.309. The Labute approximate surface area is 255 Å². The van der Waals surface area contributed by atoms with Crippen LogP contribution in [0.5, 0.6) is 11.5 Å². The molecule has 230 valence electrons. The number of benzene rings is 2. The summed E-state index contributed by atoms with van der Waals surface area (Å²) in [5, 5.41) is 14.2. The Morgan fingerprint density at radius 3 is 2.18 bits per heavy atom. The number of ether oxygens (including phenoxy) is 4. The summed E-state index contributed by atoms with van der Waals surface area (Å²) in [6, 6.07) is 15.0. The third-order valence-electron chi connectivity index (χ3n) is 7.63. The number of hydrazone groups is 1. The van der Waals surface area contributed by atoms with E-state index in [1.165, 1.54) is 5.01 Å². The number of carbonyl (C=O) groups excluding carboxylic acids is 3. The lowest BCUT2D eigenvalue weighted by Crippen LogP contribution is -2.34. The molecule has 0 radical (unpaired) electrons. The molecule has 2 atom stereocenters. The first-order valence-electron chi connectivity index (χ1n) is 14.6. The predicted molar refractivity (Wildman–Crippen MR) is 160 cm³/mol. The second-order valence-electron chi connectivity index (χ2n) is 10.3. The number of rotatable bonds is 10. The van der Waals surface area contributed by atoms with Crippen LogP contribution >= 0.6 is 0 Å². The normalized spacial score (nSPS) is 18.4. The van der Waals surface area contributed by atoms with Gasteiger partial charge in [-0.15, -0.1) is 5.10 Å². The standard InChI is InChI=1S/C32H35N5O7/c1-5-43-31(39)28-30(32(40)44-6-2)36(35-33-28)19-26(38)37-29(21-12-16-24(42-4)17-13-21)25-9-7-8-22(27(25)34-37)18-20-10-14-23(41-3)15-11-20/h10-18,25,29H,5-9,19H2,1-4H3/b22-18+/t25-,29-/m1/s1. The van der Waals surface area contributed by atoms with Crippen LogP contribution in [0, 0.1) is 5.92 Å². The molecule has 2 aliphatic rings. The summed E-state index contributed by atoms with van der Waals surface area (Å²) < 4.78 is 21.9. The highest BCUT2D eigenvalue weighted by atomic mass is 16.5. The molecule has 0 N–H and O–H groups in total. The van der Waals surface area contributed by atoms with Gasteiger partial charge in [0, 0.05) is 5.92 Å². The first kappa shape index (κ1) is 30.5. The van der Waals surface area contributed by atoms with Crippen molar-refractivity contribution in [3.05, 3.63) is 76.6 Å². The molecule has 2 heterocycles. The van der Waals surface area contributed by atoms with E-state index in [-0.39, 0.29) is 30.5 Å². The van der Waals surface area contributed by atoms with Gasteiger partial charge in [-0.3, -0.25) is 4.79 Å². The molecular formula is C32H35N5O7. The van der Waals surface area contributed by atoms with Crippen LogP contribution in [-0.2, 0) is 20.8 Å². The number of aromatic nitrogens is 3. The minimum atomic E-state index is -0.828. The van der Waals surface area contributed by atoms with Crippen LogP contribution in [0.2, 0.25) is 0 Å². The number of nitrogens with zero attached hydrogens (tertiary/aromatic N) is 5. The van der Waals surface area contributed by atoms with Crippen LogP contribution in [0.1, 0.15) is 71.3 Å². The van der Waals surface area contributed by atoms with E-state index in [1.807, 2.05) is 48.5 Å². The summed E-state index contributed by atoms with van der Waals surface area (Å²) in [4.78, 5) is 39.4. The van der Waals surface area contributed by atoms with Gasteiger partial charge in [0.15, 0.2) is 5.69 Å². The van der Waals surface area contributed by atoms with E-state index >= 15 is 0 Å². The minimum absolute atomic E-state index is 0.0547. The van der Waals surface area contributed by atoms with Gasteiger partial charge in [0.05, 0.1) is 39.2 Å². The Hall–Kier alpha value is -5.00. The topological polar surface area (TPSA) is 134 Å². The molecular weight excluding hydrogens is 566 g/mol. The monoisotopic (exact) mass is 601 g/mol. The van der Waals surface area contributed by atoms with Crippen LogP contribution in [0.25, 0.3) is 6.08 Å². The van der Waals surface area contributed by atoms with E-state index < -0.39 is 30.4 Å². The molecule has 2 aromatic carbocycles. The van der Waals surface area contributed by atoms with E-state index in [1.54, 1.807) is 28.1 Å². The number of allylic oxidation sites excluding steroid dienone is 1. The summed E-state index contributed by atoms with van der Waals surface area (Å²) in [6.45, 7) is 3.02. The summed E-state index contributed by atoms with van der Waals surface area (Å²) in [6.07, 6.45) is 4.69. The molecule has 0 saturated heterocycles. The van der Waals surface area contributed by atoms with Gasteiger partial charge in [0.25, 0.3) is 5.91 Å². The van der Waals surface area contributed by atoms with Crippen LogP contribution in [0.15, 0.2) is 59.2 Å². The van der Waals surface area contributed by atoms with Crippen molar-refractivity contribution in [3.8, 4) is 11.5 Å². The first-order valence-corrected chi connectivity index (χ1v) is 14.6. The number of amides is 1. The van der Waals surface area contributed by atoms with E-state index in [2.05, 4.69) is 16.4 Å². The number of carbonyl (C=O) groups is 3. The van der Waals surface area contributed by atoms with Crippen molar-refractivity contribution in [3.63, 3.8) is 0 Å². The van der Waals surface area contributed by atoms with Crippen molar-refractivity contribution in [2.45, 2.75) is 45.7 Å². The molecule has 0 bridgehead atoms. The number of esters is 2. The number of methoxy groups -OCH3 is 2. The first-order chi connectivity index (χ1) is 21.4. The maximum absolute atomic E-state index is 14.0. The average molecular weight is 602 g/mol. The summed E-state index contributed by atoms with van der Waals surface area (Å²) in [5.74, 6) is -0.673. The van der Waals surface area contributed by atoms with Crippen molar-refractivity contribution in [2.75, 3.05) is 27.4 Å². The second kappa shape index (κ2) is 13.5. The smallest absolute Gasteiger partial charge is 0.361 e. The zero-order valence-corrected chi connectivity index (χ0v) is 25.2. The maximum Gasteiger partial charge on any atom is 0.361 e. The zero-order valence-electron chi connectivity index (χ0n) is 25.2. The number of hydrogen-bond donors (Lipinski definition) is 0. The van der Waals surface area contributed by atoms with Crippen LogP contribution in [-0.4, -0.2) is 71.0 Å². The van der Waals surface area contributed by atoms with Crippen molar-refractivity contribution < 1.29 is 33.3 Å². The lowest BCUT2D eigenvalue weighted by molar-refractivity contribution is -0.134. The van der Waals surface area contributed by atoms with Gasteiger partial charge in [-0.05, 0) is 80.2 Å². The molecule has 1 saturated carbocycles. The molecule has 1 aliphatic carbocycles. The molecule has 44 heavy (non-hydrogen) atoms. The Balaban J connectivity index is 1.52. The maximum atomic E-state index is 14.0.